The van der Waals surface area contributed by atoms with Gasteiger partial charge in [0.05, 0.1) is 25.9 Å². The summed E-state index contributed by atoms with van der Waals surface area (Å²) in [6.45, 7) is 7.44. The third-order valence-corrected chi connectivity index (χ3v) is 12.1. The van der Waals surface area contributed by atoms with Crippen molar-refractivity contribution < 1.29 is 18.7 Å². The van der Waals surface area contributed by atoms with Crippen LogP contribution in [0.5, 0.6) is 11.5 Å². The minimum atomic E-state index is -1.82. The summed E-state index contributed by atoms with van der Waals surface area (Å²) < 4.78 is 20.1. The second-order valence-electron chi connectivity index (χ2n) is 8.28. The van der Waals surface area contributed by atoms with Crippen molar-refractivity contribution in [1.29, 1.82) is 0 Å². The normalized spacial score (nSPS) is 21.4. The van der Waals surface area contributed by atoms with Crippen molar-refractivity contribution in [2.75, 3.05) is 20.8 Å². The molecule has 2 aliphatic heterocycles. The number of methoxy groups -OCH3 is 2. The van der Waals surface area contributed by atoms with Crippen molar-refractivity contribution in [3.63, 3.8) is 0 Å². The number of benzene rings is 1. The summed E-state index contributed by atoms with van der Waals surface area (Å²) in [5, 5.41) is 0. The van der Waals surface area contributed by atoms with Crippen LogP contribution in [0.25, 0.3) is 0 Å². The van der Waals surface area contributed by atoms with E-state index in [-0.39, 0.29) is 12.0 Å². The van der Waals surface area contributed by atoms with Crippen LogP contribution in [0, 0.1) is 0 Å². The molecule has 170 valence electrons. The first-order chi connectivity index (χ1) is 14.9. The Labute approximate surface area is 201 Å². The van der Waals surface area contributed by atoms with Gasteiger partial charge in [0, 0.05) is 19.0 Å². The van der Waals surface area contributed by atoms with Gasteiger partial charge in [0.15, 0.2) is 19.8 Å². The third-order valence-electron chi connectivity index (χ3n) is 7.06. The zero-order chi connectivity index (χ0) is 22.6. The number of amides is 1. The number of hydrogen-bond acceptors (Lipinski definition) is 4. The number of hydrogen-bond donors (Lipinski definition) is 0. The minimum absolute atomic E-state index is 0.0551. The molecule has 0 spiro atoms. The number of carbonyl (C=O) groups is 1. The zero-order valence-electron chi connectivity index (χ0n) is 19.2. The standard InChI is InChI=1S/C24H34INO4Si/c1-6-31(7-2,8-3)30-19(10-13-25)17-24-12-9-23(27)26(24)14-11-18-15-21(28-4)22(29-5)16-20(18)24/h9-10,12-13,15-16,19H,6-8,11,14,17H2,1-5H3/b13-10+/t19?,24-/m0/s1. The Morgan fingerprint density at radius 1 is 1.16 bits per heavy atom. The fourth-order valence-corrected chi connectivity index (χ4v) is 8.31. The smallest absolute Gasteiger partial charge is 0.247 e. The molecule has 0 saturated carbocycles. The monoisotopic (exact) mass is 555 g/mol. The maximum Gasteiger partial charge on any atom is 0.247 e. The second kappa shape index (κ2) is 10.1. The SMILES string of the molecule is CC[Si](CC)(CC)OC(/C=C/I)C[C@]12C=CC(=O)N1CCc1cc(OC)c(OC)cc12. The van der Waals surface area contributed by atoms with Gasteiger partial charge < -0.3 is 18.8 Å². The van der Waals surface area contributed by atoms with Gasteiger partial charge in [-0.15, -0.1) is 0 Å². The highest BCUT2D eigenvalue weighted by molar-refractivity contribution is 14.1. The van der Waals surface area contributed by atoms with Crippen molar-refractivity contribution in [1.82, 2.24) is 4.90 Å². The van der Waals surface area contributed by atoms with Crippen molar-refractivity contribution in [3.05, 3.63) is 45.6 Å². The van der Waals surface area contributed by atoms with E-state index in [2.05, 4.69) is 67.6 Å². The number of nitrogens with zero attached hydrogens (tertiary/aromatic N) is 1. The van der Waals surface area contributed by atoms with Gasteiger partial charge in [-0.1, -0.05) is 49.4 Å². The molecule has 0 bridgehead atoms. The molecule has 2 aliphatic rings. The highest BCUT2D eigenvalue weighted by Crippen LogP contribution is 2.48. The van der Waals surface area contributed by atoms with Gasteiger partial charge in [-0.2, -0.15) is 0 Å². The first kappa shape index (κ1) is 24.3. The van der Waals surface area contributed by atoms with Crippen LogP contribution in [0.4, 0.5) is 0 Å². The van der Waals surface area contributed by atoms with Crippen LogP contribution in [-0.4, -0.2) is 46.0 Å². The molecule has 1 unspecified atom stereocenters. The summed E-state index contributed by atoms with van der Waals surface area (Å²) >= 11 is 2.27. The number of halogens is 1. The Kier molecular flexibility index (Phi) is 7.91. The van der Waals surface area contributed by atoms with E-state index in [0.29, 0.717) is 18.7 Å². The molecule has 0 fully saturated rings. The predicted octanol–water partition coefficient (Wildman–Crippen LogP) is 5.58. The lowest BCUT2D eigenvalue weighted by Gasteiger charge is -2.46. The summed E-state index contributed by atoms with van der Waals surface area (Å²) in [7, 11) is 1.50. The maximum atomic E-state index is 12.8. The van der Waals surface area contributed by atoms with E-state index in [1.165, 1.54) is 5.56 Å². The van der Waals surface area contributed by atoms with E-state index in [0.717, 1.165) is 35.9 Å². The van der Waals surface area contributed by atoms with Crippen molar-refractivity contribution in [2.24, 2.45) is 0 Å². The molecule has 1 amide bonds. The van der Waals surface area contributed by atoms with Crippen LogP contribution in [0.15, 0.2) is 34.4 Å². The molecule has 5 nitrogen and oxygen atoms in total. The van der Waals surface area contributed by atoms with E-state index in [1.807, 2.05) is 8.98 Å². The van der Waals surface area contributed by atoms with E-state index in [4.69, 9.17) is 13.9 Å². The third kappa shape index (κ3) is 4.46. The average molecular weight is 556 g/mol. The van der Waals surface area contributed by atoms with Gasteiger partial charge >= 0.3 is 0 Å². The van der Waals surface area contributed by atoms with Gasteiger partial charge in [-0.25, -0.2) is 0 Å². The molecule has 0 aromatic heterocycles. The van der Waals surface area contributed by atoms with Crippen molar-refractivity contribution in [3.8, 4) is 11.5 Å². The first-order valence-corrected chi connectivity index (χ1v) is 14.9. The van der Waals surface area contributed by atoms with Crippen LogP contribution in [0.3, 0.4) is 0 Å². The number of ether oxygens (including phenoxy) is 2. The Balaban J connectivity index is 2.08. The molecular formula is C24H34INO4Si. The molecule has 1 aromatic carbocycles. The highest BCUT2D eigenvalue weighted by Gasteiger charge is 2.48. The van der Waals surface area contributed by atoms with Crippen LogP contribution in [0.2, 0.25) is 18.1 Å². The van der Waals surface area contributed by atoms with Gasteiger partial charge in [0.1, 0.15) is 0 Å². The molecular weight excluding hydrogens is 521 g/mol. The van der Waals surface area contributed by atoms with Gasteiger partial charge in [-0.3, -0.25) is 4.79 Å². The lowest BCUT2D eigenvalue weighted by atomic mass is 9.78. The summed E-state index contributed by atoms with van der Waals surface area (Å²) in [4.78, 5) is 14.8. The Morgan fingerprint density at radius 2 is 1.81 bits per heavy atom. The fourth-order valence-electron chi connectivity index (χ4n) is 5.04. The Bertz CT molecular complexity index is 859. The molecule has 0 N–H and O–H groups in total. The molecule has 0 saturated heterocycles. The maximum absolute atomic E-state index is 12.8. The summed E-state index contributed by atoms with van der Waals surface area (Å²) in [5.41, 5.74) is 1.79. The molecule has 31 heavy (non-hydrogen) atoms. The molecule has 0 radical (unpaired) electrons. The van der Waals surface area contributed by atoms with E-state index >= 15 is 0 Å². The lowest BCUT2D eigenvalue weighted by Crippen LogP contribution is -2.51. The molecule has 1 aromatic rings. The van der Waals surface area contributed by atoms with Gasteiger partial charge in [0.25, 0.3) is 0 Å². The Morgan fingerprint density at radius 3 is 2.39 bits per heavy atom. The first-order valence-electron chi connectivity index (χ1n) is 11.1. The van der Waals surface area contributed by atoms with Gasteiger partial charge in [-0.05, 0) is 58.0 Å². The molecule has 7 heteroatoms. The van der Waals surface area contributed by atoms with Crippen molar-refractivity contribution >= 4 is 36.8 Å². The molecule has 3 rings (SSSR count). The molecule has 2 atom stereocenters. The van der Waals surface area contributed by atoms with Crippen LogP contribution >= 0.6 is 22.6 Å². The number of fused-ring (bicyclic) bond motifs is 3. The summed E-state index contributed by atoms with van der Waals surface area (Å²) in [5.74, 6) is 1.49. The Hall–Kier alpha value is -1.32. The zero-order valence-corrected chi connectivity index (χ0v) is 22.4. The lowest BCUT2D eigenvalue weighted by molar-refractivity contribution is -0.130. The quantitative estimate of drug-likeness (QED) is 0.279. The predicted molar refractivity (Wildman–Crippen MR) is 136 cm³/mol. The van der Waals surface area contributed by atoms with Gasteiger partial charge in [0.2, 0.25) is 5.91 Å². The van der Waals surface area contributed by atoms with E-state index in [9.17, 15) is 4.79 Å². The fraction of sp³-hybridized carbons (Fsp3) is 0.542. The molecule has 0 aliphatic carbocycles. The van der Waals surface area contributed by atoms with E-state index < -0.39 is 13.9 Å². The second-order valence-corrected chi connectivity index (χ2v) is 13.7. The van der Waals surface area contributed by atoms with Crippen LogP contribution in [0.1, 0.15) is 38.3 Å². The van der Waals surface area contributed by atoms with Crippen LogP contribution < -0.4 is 9.47 Å². The summed E-state index contributed by atoms with van der Waals surface area (Å²) in [6.07, 6.45) is 7.40. The largest absolute Gasteiger partial charge is 0.493 e. The molecule has 2 heterocycles. The van der Waals surface area contributed by atoms with Crippen LogP contribution in [-0.2, 0) is 21.2 Å². The number of carbonyl (C=O) groups excluding carboxylic acids is 1. The average Bonchev–Trinajstić information content (AvgIpc) is 3.13. The topological polar surface area (TPSA) is 48.0 Å². The number of rotatable bonds is 10. The summed E-state index contributed by atoms with van der Waals surface area (Å²) in [6, 6.07) is 7.41. The van der Waals surface area contributed by atoms with Crippen molar-refractivity contribution in [2.45, 2.75) is 63.4 Å². The van der Waals surface area contributed by atoms with E-state index in [1.54, 1.807) is 20.3 Å². The minimum Gasteiger partial charge on any atom is -0.493 e. The highest BCUT2D eigenvalue weighted by atomic mass is 127.